The van der Waals surface area contributed by atoms with Crippen molar-refractivity contribution in [2.75, 3.05) is 26.7 Å². The summed E-state index contributed by atoms with van der Waals surface area (Å²) in [5, 5.41) is 0. The molecule has 2 aromatic carbocycles. The fourth-order valence-electron chi connectivity index (χ4n) is 4.10. The van der Waals surface area contributed by atoms with Crippen molar-refractivity contribution in [1.29, 1.82) is 0 Å². The van der Waals surface area contributed by atoms with Gasteiger partial charge >= 0.3 is 0 Å². The van der Waals surface area contributed by atoms with Crippen LogP contribution in [0.2, 0.25) is 0 Å². The van der Waals surface area contributed by atoms with Crippen LogP contribution in [0, 0.1) is 5.92 Å². The zero-order valence-electron chi connectivity index (χ0n) is 13.8. The lowest BCUT2D eigenvalue weighted by molar-refractivity contribution is 0.328. The number of benzene rings is 2. The Morgan fingerprint density at radius 3 is 2.42 bits per heavy atom. The van der Waals surface area contributed by atoms with Crippen molar-refractivity contribution in [2.45, 2.75) is 17.4 Å². The lowest BCUT2D eigenvalue weighted by Gasteiger charge is -2.24. The first-order chi connectivity index (χ1) is 11.6. The van der Waals surface area contributed by atoms with Gasteiger partial charge in [0.1, 0.15) is 0 Å². The first-order valence-electron chi connectivity index (χ1n) is 8.37. The molecule has 2 atom stereocenters. The van der Waals surface area contributed by atoms with Gasteiger partial charge in [-0.1, -0.05) is 42.5 Å². The monoisotopic (exact) mass is 342 g/mol. The number of hydrogen-bond acceptors (Lipinski definition) is 3. The Kier molecular flexibility index (Phi) is 3.95. The molecule has 0 N–H and O–H groups in total. The van der Waals surface area contributed by atoms with Crippen LogP contribution in [-0.4, -0.2) is 44.3 Å². The Labute approximate surface area is 143 Å². The highest BCUT2D eigenvalue weighted by Gasteiger charge is 2.39. The van der Waals surface area contributed by atoms with E-state index < -0.39 is 10.0 Å². The van der Waals surface area contributed by atoms with Crippen molar-refractivity contribution in [3.63, 3.8) is 0 Å². The number of likely N-dealkylation sites (N-methyl/N-ethyl adjacent to an activating group) is 1. The third-order valence-electron chi connectivity index (χ3n) is 5.24. The average Bonchev–Trinajstić information content (AvgIpc) is 2.88. The van der Waals surface area contributed by atoms with Crippen molar-refractivity contribution in [3.8, 4) is 0 Å². The van der Waals surface area contributed by atoms with Crippen molar-refractivity contribution >= 4 is 10.0 Å². The molecule has 0 unspecified atom stereocenters. The normalized spacial score (nSPS) is 25.0. The average molecular weight is 342 g/mol. The molecule has 0 spiro atoms. The maximum absolute atomic E-state index is 13.1. The Hall–Kier alpha value is -1.69. The highest BCUT2D eigenvalue weighted by molar-refractivity contribution is 7.89. The van der Waals surface area contributed by atoms with Crippen molar-refractivity contribution < 1.29 is 8.42 Å². The molecular weight excluding hydrogens is 320 g/mol. The summed E-state index contributed by atoms with van der Waals surface area (Å²) < 4.78 is 27.9. The fraction of sp³-hybridized carbons (Fsp3) is 0.368. The summed E-state index contributed by atoms with van der Waals surface area (Å²) in [4.78, 5) is 2.69. The van der Waals surface area contributed by atoms with Gasteiger partial charge in [-0.2, -0.15) is 4.31 Å². The van der Waals surface area contributed by atoms with Gasteiger partial charge in [0.2, 0.25) is 10.0 Å². The summed E-state index contributed by atoms with van der Waals surface area (Å²) in [7, 11) is -1.35. The van der Waals surface area contributed by atoms with Gasteiger partial charge in [0.05, 0.1) is 4.90 Å². The smallest absolute Gasteiger partial charge is 0.243 e. The van der Waals surface area contributed by atoms with Crippen LogP contribution in [0.4, 0.5) is 0 Å². The van der Waals surface area contributed by atoms with Crippen molar-refractivity contribution in [2.24, 2.45) is 5.92 Å². The molecule has 0 saturated carbocycles. The van der Waals surface area contributed by atoms with Crippen LogP contribution in [-0.2, 0) is 16.6 Å². The van der Waals surface area contributed by atoms with Crippen molar-refractivity contribution in [1.82, 2.24) is 9.21 Å². The standard InChI is InChI=1S/C19H22N2O2S/c1-20-11-16-13-21(24(22,23)17-8-3-2-4-9-17)12-15-7-5-6-10-18(15)19(16)14-20/h2-10,16,19H,11-14H2,1H3/t16-,19-/m1/s1. The van der Waals surface area contributed by atoms with Gasteiger partial charge in [0.15, 0.2) is 0 Å². The molecule has 1 saturated heterocycles. The minimum Gasteiger partial charge on any atom is -0.305 e. The number of likely N-dealkylation sites (tertiary alicyclic amines) is 1. The summed E-state index contributed by atoms with van der Waals surface area (Å²) in [6, 6.07) is 17.1. The maximum Gasteiger partial charge on any atom is 0.243 e. The van der Waals surface area contributed by atoms with Crippen molar-refractivity contribution in [3.05, 3.63) is 65.7 Å². The molecule has 0 bridgehead atoms. The number of fused-ring (bicyclic) bond motifs is 3. The van der Waals surface area contributed by atoms with E-state index in [2.05, 4.69) is 30.1 Å². The van der Waals surface area contributed by atoms with E-state index in [0.717, 1.165) is 18.7 Å². The van der Waals surface area contributed by atoms with E-state index in [1.807, 2.05) is 12.1 Å². The minimum absolute atomic E-state index is 0.345. The highest BCUT2D eigenvalue weighted by atomic mass is 32.2. The quantitative estimate of drug-likeness (QED) is 0.842. The fourth-order valence-corrected chi connectivity index (χ4v) is 5.60. The van der Waals surface area contributed by atoms with Gasteiger partial charge in [0, 0.05) is 32.1 Å². The van der Waals surface area contributed by atoms with Gasteiger partial charge in [0.25, 0.3) is 0 Å². The van der Waals surface area contributed by atoms with Gasteiger partial charge in [-0.15, -0.1) is 0 Å². The van der Waals surface area contributed by atoms with Gasteiger partial charge in [-0.25, -0.2) is 8.42 Å². The largest absolute Gasteiger partial charge is 0.305 e. The Morgan fingerprint density at radius 1 is 0.917 bits per heavy atom. The third kappa shape index (κ3) is 2.66. The number of sulfonamides is 1. The molecule has 2 heterocycles. The lowest BCUT2D eigenvalue weighted by Crippen LogP contribution is -2.35. The molecule has 0 amide bonds. The maximum atomic E-state index is 13.1. The van der Waals surface area contributed by atoms with Gasteiger partial charge < -0.3 is 4.90 Å². The lowest BCUT2D eigenvalue weighted by atomic mass is 9.87. The Balaban J connectivity index is 1.77. The van der Waals surface area contributed by atoms with E-state index in [0.29, 0.717) is 29.8 Å². The first-order valence-corrected chi connectivity index (χ1v) is 9.81. The zero-order chi connectivity index (χ0) is 16.7. The van der Waals surface area contributed by atoms with E-state index in [1.165, 1.54) is 5.56 Å². The molecular formula is C19H22N2O2S. The number of hydrogen-bond donors (Lipinski definition) is 0. The Morgan fingerprint density at radius 2 is 1.62 bits per heavy atom. The van der Waals surface area contributed by atoms with Crippen LogP contribution < -0.4 is 0 Å². The van der Waals surface area contributed by atoms with Gasteiger partial charge in [-0.05, 0) is 36.2 Å². The molecule has 4 rings (SSSR count). The van der Waals surface area contributed by atoms with E-state index in [-0.39, 0.29) is 0 Å². The highest BCUT2D eigenvalue weighted by Crippen LogP contribution is 2.38. The molecule has 5 heteroatoms. The van der Waals surface area contributed by atoms with E-state index in [9.17, 15) is 8.42 Å². The molecule has 1 fully saturated rings. The molecule has 0 aromatic heterocycles. The molecule has 0 aliphatic carbocycles. The minimum atomic E-state index is -3.47. The number of rotatable bonds is 2. The van der Waals surface area contributed by atoms with E-state index in [1.54, 1.807) is 28.6 Å². The third-order valence-corrected chi connectivity index (χ3v) is 7.07. The molecule has 126 valence electrons. The molecule has 4 nitrogen and oxygen atoms in total. The number of nitrogens with zero attached hydrogens (tertiary/aromatic N) is 2. The molecule has 2 aliphatic rings. The first kappa shape index (κ1) is 15.8. The molecule has 2 aromatic rings. The summed E-state index contributed by atoms with van der Waals surface area (Å²) in [6.45, 7) is 2.99. The Bertz CT molecular complexity index is 835. The second kappa shape index (κ2) is 5.99. The van der Waals surface area contributed by atoms with E-state index in [4.69, 9.17) is 0 Å². The van der Waals surface area contributed by atoms with Crippen LogP contribution in [0.3, 0.4) is 0 Å². The summed E-state index contributed by atoms with van der Waals surface area (Å²) in [5.74, 6) is 0.763. The molecule has 0 radical (unpaired) electrons. The predicted octanol–water partition coefficient (Wildman–Crippen LogP) is 2.54. The SMILES string of the molecule is CN1C[C@@H]2CN(S(=O)(=O)c3ccccc3)Cc3ccccc3[C@@H]2C1. The summed E-state index contributed by atoms with van der Waals surface area (Å²) in [6.07, 6.45) is 0. The topological polar surface area (TPSA) is 40.6 Å². The predicted molar refractivity (Wildman–Crippen MR) is 94.2 cm³/mol. The van der Waals surface area contributed by atoms with Crippen LogP contribution in [0.15, 0.2) is 59.5 Å². The van der Waals surface area contributed by atoms with Crippen LogP contribution in [0.25, 0.3) is 0 Å². The second-order valence-electron chi connectivity index (χ2n) is 6.90. The zero-order valence-corrected chi connectivity index (χ0v) is 14.6. The summed E-state index contributed by atoms with van der Waals surface area (Å²) >= 11 is 0. The van der Waals surface area contributed by atoms with Gasteiger partial charge in [-0.3, -0.25) is 0 Å². The molecule has 2 aliphatic heterocycles. The summed E-state index contributed by atoms with van der Waals surface area (Å²) in [5.41, 5.74) is 2.46. The van der Waals surface area contributed by atoms with E-state index >= 15 is 0 Å². The molecule has 24 heavy (non-hydrogen) atoms. The second-order valence-corrected chi connectivity index (χ2v) is 8.84. The van der Waals surface area contributed by atoms with Crippen LogP contribution >= 0.6 is 0 Å². The van der Waals surface area contributed by atoms with Crippen LogP contribution in [0.5, 0.6) is 0 Å². The van der Waals surface area contributed by atoms with Crippen LogP contribution in [0.1, 0.15) is 17.0 Å².